The van der Waals surface area contributed by atoms with E-state index >= 15 is 0 Å². The van der Waals surface area contributed by atoms with E-state index in [0.717, 1.165) is 21.4 Å². The number of anilines is 2. The Morgan fingerprint density at radius 3 is 2.75 bits per heavy atom. The molecule has 0 spiro atoms. The van der Waals surface area contributed by atoms with Crippen LogP contribution >= 0.6 is 27.3 Å². The molecule has 0 saturated carbocycles. The average Bonchev–Trinajstić information content (AvgIpc) is 3.14. The molecule has 0 bridgehead atoms. The van der Waals surface area contributed by atoms with Crippen LogP contribution in [0.3, 0.4) is 0 Å². The van der Waals surface area contributed by atoms with E-state index in [1.807, 2.05) is 6.92 Å². The molecule has 0 radical (unpaired) electrons. The minimum absolute atomic E-state index is 0.132. The van der Waals surface area contributed by atoms with Gasteiger partial charge in [0.1, 0.15) is 4.88 Å². The summed E-state index contributed by atoms with van der Waals surface area (Å²) in [5.74, 6) is -1.77. The van der Waals surface area contributed by atoms with Crippen molar-refractivity contribution in [2.45, 2.75) is 6.92 Å². The summed E-state index contributed by atoms with van der Waals surface area (Å²) in [5, 5.41) is 24.0. The highest BCUT2D eigenvalue weighted by Crippen LogP contribution is 2.36. The van der Waals surface area contributed by atoms with Crippen LogP contribution in [0.25, 0.3) is 5.57 Å². The van der Waals surface area contributed by atoms with Crippen molar-refractivity contribution in [3.63, 3.8) is 0 Å². The lowest BCUT2D eigenvalue weighted by atomic mass is 10.1. The minimum atomic E-state index is -1.04. The van der Waals surface area contributed by atoms with Gasteiger partial charge in [-0.2, -0.15) is 4.98 Å². The number of thiazole rings is 1. The summed E-state index contributed by atoms with van der Waals surface area (Å²) >= 11 is 4.47. The maximum atomic E-state index is 12.4. The topological polar surface area (TPSA) is 112 Å². The Hall–Kier alpha value is -3.04. The Kier molecular flexibility index (Phi) is 4.48. The van der Waals surface area contributed by atoms with Gasteiger partial charge in [-0.3, -0.25) is 4.79 Å². The van der Waals surface area contributed by atoms with Crippen LogP contribution in [-0.4, -0.2) is 27.1 Å². The van der Waals surface area contributed by atoms with Crippen LogP contribution in [0.4, 0.5) is 10.8 Å². The quantitative estimate of drug-likeness (QED) is 0.555. The molecule has 3 aromatic rings. The number of aryl methyl sites for hydroxylation is 1. The van der Waals surface area contributed by atoms with Crippen molar-refractivity contribution in [2.24, 2.45) is 4.99 Å². The lowest BCUT2D eigenvalue weighted by molar-refractivity contribution is -0.112. The molecule has 2 aromatic carbocycles. The molecule has 1 aromatic heterocycles. The van der Waals surface area contributed by atoms with Gasteiger partial charge in [-0.25, -0.2) is 9.79 Å². The number of nitrogens with one attached hydrogen (secondary N) is 1. The molecule has 0 saturated heterocycles. The second-order valence-electron chi connectivity index (χ2n) is 6.09. The van der Waals surface area contributed by atoms with Crippen LogP contribution in [0.5, 0.6) is 5.88 Å². The first kappa shape index (κ1) is 18.3. The summed E-state index contributed by atoms with van der Waals surface area (Å²) in [7, 11) is 0. The lowest BCUT2D eigenvalue weighted by Gasteiger charge is -2.07. The molecule has 1 aliphatic rings. The number of aromatic nitrogens is 1. The molecular formula is C19H12BrN3O4S. The van der Waals surface area contributed by atoms with Crippen molar-refractivity contribution >= 4 is 55.5 Å². The molecule has 0 fully saturated rings. The number of amides is 1. The summed E-state index contributed by atoms with van der Waals surface area (Å²) in [6.07, 6.45) is 0. The largest absolute Gasteiger partial charge is 0.492 e. The van der Waals surface area contributed by atoms with Gasteiger partial charge in [0.2, 0.25) is 5.88 Å². The van der Waals surface area contributed by atoms with Crippen molar-refractivity contribution in [3.8, 4) is 5.88 Å². The number of nitrogens with zero attached hydrogens (tertiary/aromatic N) is 2. The van der Waals surface area contributed by atoms with Gasteiger partial charge in [0.05, 0.1) is 16.5 Å². The van der Waals surface area contributed by atoms with E-state index in [0.29, 0.717) is 26.3 Å². The van der Waals surface area contributed by atoms with Crippen LogP contribution in [0.15, 0.2) is 45.9 Å². The third-order valence-corrected chi connectivity index (χ3v) is 5.70. The Morgan fingerprint density at radius 1 is 1.21 bits per heavy atom. The standard InChI is InChI=1S/C19H12BrN3O4S/c1-8-2-3-9(18(26)27)6-13(8)22-19-23-17(25)15(28-19)14-11-7-10(20)4-5-12(11)21-16(14)24/h2-7,25H,1H3,(H,22,23)(H,26,27). The van der Waals surface area contributed by atoms with Crippen molar-refractivity contribution in [3.05, 3.63) is 67.5 Å². The van der Waals surface area contributed by atoms with E-state index in [-0.39, 0.29) is 17.0 Å². The fourth-order valence-corrected chi connectivity index (χ4v) is 4.12. The van der Waals surface area contributed by atoms with Crippen LogP contribution < -0.4 is 15.9 Å². The summed E-state index contributed by atoms with van der Waals surface area (Å²) < 4.78 is 0.789. The molecule has 1 amide bonds. The zero-order valence-electron chi connectivity index (χ0n) is 14.4. The zero-order valence-corrected chi connectivity index (χ0v) is 16.8. The zero-order chi connectivity index (χ0) is 20.0. The van der Waals surface area contributed by atoms with Crippen LogP contribution in [0, 0.1) is 6.92 Å². The number of aromatic hydroxyl groups is 1. The van der Waals surface area contributed by atoms with E-state index < -0.39 is 11.9 Å². The Balaban J connectivity index is 1.78. The number of rotatable bonds is 4. The lowest BCUT2D eigenvalue weighted by Crippen LogP contribution is -2.22. The number of halogens is 1. The van der Waals surface area contributed by atoms with Crippen molar-refractivity contribution in [1.82, 2.24) is 4.98 Å². The third kappa shape index (κ3) is 3.19. The molecule has 0 aliphatic carbocycles. The predicted octanol–water partition coefficient (Wildman–Crippen LogP) is 2.72. The fraction of sp³-hybridized carbons (Fsp3) is 0.0526. The molecule has 0 unspecified atom stereocenters. The number of carbonyl (C=O) groups excluding carboxylic acids is 1. The number of aromatic carboxylic acids is 1. The highest BCUT2D eigenvalue weighted by Gasteiger charge is 2.25. The summed E-state index contributed by atoms with van der Waals surface area (Å²) in [4.78, 5) is 32.0. The van der Waals surface area contributed by atoms with Gasteiger partial charge in [0, 0.05) is 15.4 Å². The van der Waals surface area contributed by atoms with Gasteiger partial charge in [0.15, 0.2) is 5.13 Å². The molecule has 140 valence electrons. The minimum Gasteiger partial charge on any atom is -0.492 e. The molecule has 28 heavy (non-hydrogen) atoms. The van der Waals surface area contributed by atoms with Gasteiger partial charge in [-0.1, -0.05) is 33.3 Å². The maximum absolute atomic E-state index is 12.4. The number of carboxylic acid groups (broad SMARTS) is 1. The first-order chi connectivity index (χ1) is 13.3. The molecule has 0 atom stereocenters. The number of carboxylic acids is 1. The van der Waals surface area contributed by atoms with E-state index in [9.17, 15) is 14.7 Å². The molecular weight excluding hydrogens is 446 g/mol. The summed E-state index contributed by atoms with van der Waals surface area (Å²) in [6, 6.07) is 9.97. The van der Waals surface area contributed by atoms with Crippen LogP contribution in [0.2, 0.25) is 0 Å². The highest BCUT2D eigenvalue weighted by molar-refractivity contribution is 9.10. The second-order valence-corrected chi connectivity index (χ2v) is 8.00. The van der Waals surface area contributed by atoms with Gasteiger partial charge in [-0.05, 0) is 42.8 Å². The van der Waals surface area contributed by atoms with Crippen molar-refractivity contribution < 1.29 is 19.8 Å². The van der Waals surface area contributed by atoms with Crippen LogP contribution in [0.1, 0.15) is 20.8 Å². The summed E-state index contributed by atoms with van der Waals surface area (Å²) in [5.41, 5.74) is 1.79. The number of carbonyl (C=O) groups is 2. The fourth-order valence-electron chi connectivity index (χ4n) is 2.84. The predicted molar refractivity (Wildman–Crippen MR) is 108 cm³/mol. The Bertz CT molecular complexity index is 1280. The SMILES string of the molecule is Cc1ccc(C(=O)O)cc1Nc1nc(O)c(C2=c3cc(Br)ccc3=NC2=O)s1. The van der Waals surface area contributed by atoms with Crippen LogP contribution in [-0.2, 0) is 4.79 Å². The third-order valence-electron chi connectivity index (χ3n) is 4.23. The molecule has 3 N–H and O–H groups in total. The normalized spacial score (nSPS) is 12.6. The number of hydrogen-bond acceptors (Lipinski definition) is 6. The monoisotopic (exact) mass is 457 g/mol. The van der Waals surface area contributed by atoms with Gasteiger partial charge in [-0.15, -0.1) is 0 Å². The average molecular weight is 458 g/mol. The van der Waals surface area contributed by atoms with E-state index in [4.69, 9.17) is 5.11 Å². The summed E-state index contributed by atoms with van der Waals surface area (Å²) in [6.45, 7) is 1.82. The Labute approximate surface area is 170 Å². The molecule has 7 nitrogen and oxygen atoms in total. The van der Waals surface area contributed by atoms with E-state index in [1.165, 1.54) is 12.1 Å². The van der Waals surface area contributed by atoms with E-state index in [1.54, 1.807) is 24.3 Å². The highest BCUT2D eigenvalue weighted by atomic mass is 79.9. The maximum Gasteiger partial charge on any atom is 0.335 e. The molecule has 2 heterocycles. The first-order valence-electron chi connectivity index (χ1n) is 8.07. The molecule has 9 heteroatoms. The van der Waals surface area contributed by atoms with Gasteiger partial charge in [0.25, 0.3) is 5.91 Å². The number of benzene rings is 2. The van der Waals surface area contributed by atoms with Crippen molar-refractivity contribution in [1.29, 1.82) is 0 Å². The number of hydrogen-bond donors (Lipinski definition) is 3. The molecule has 1 aliphatic heterocycles. The first-order valence-corrected chi connectivity index (χ1v) is 9.68. The van der Waals surface area contributed by atoms with E-state index in [2.05, 4.69) is 31.2 Å². The van der Waals surface area contributed by atoms with Gasteiger partial charge < -0.3 is 15.5 Å². The Morgan fingerprint density at radius 2 is 2.00 bits per heavy atom. The number of fused-ring (bicyclic) bond motifs is 1. The molecule has 4 rings (SSSR count). The van der Waals surface area contributed by atoms with Crippen molar-refractivity contribution in [2.75, 3.05) is 5.32 Å². The second kappa shape index (κ2) is 6.84. The van der Waals surface area contributed by atoms with Gasteiger partial charge >= 0.3 is 5.97 Å². The smallest absolute Gasteiger partial charge is 0.335 e.